The Hall–Kier alpha value is -2.64. The number of anilines is 3. The number of nitrogens with two attached hydrogens (primary N) is 1. The fraction of sp³-hybridized carbons (Fsp3) is 0.200. The average molecular weight is 248 g/mol. The van der Waals surface area contributed by atoms with E-state index >= 15 is 0 Å². The molecule has 0 unspecified atom stereocenters. The highest BCUT2D eigenvalue weighted by Crippen LogP contribution is 2.25. The molecule has 0 aromatic carbocycles. The molecule has 0 amide bonds. The van der Waals surface area contributed by atoms with Gasteiger partial charge in [0.15, 0.2) is 5.82 Å². The van der Waals surface area contributed by atoms with E-state index in [0.29, 0.717) is 12.4 Å². The number of aryl methyl sites for hydroxylation is 1. The predicted octanol–water partition coefficient (Wildman–Crippen LogP) is 1.53. The van der Waals surface area contributed by atoms with Gasteiger partial charge in [-0.25, -0.2) is 4.98 Å². The van der Waals surface area contributed by atoms with Crippen molar-refractivity contribution in [2.75, 3.05) is 11.1 Å². The molecule has 0 aliphatic rings. The normalized spacial score (nSPS) is 10.3. The average Bonchev–Trinajstić information content (AvgIpc) is 2.76. The molecule has 8 nitrogen and oxygen atoms in total. The Bertz CT molecular complexity index is 579. The third-order valence-electron chi connectivity index (χ3n) is 2.30. The summed E-state index contributed by atoms with van der Waals surface area (Å²) in [6.45, 7) is 2.66. The number of hydrogen-bond acceptors (Lipinski definition) is 6. The number of pyridine rings is 1. The van der Waals surface area contributed by atoms with Crippen LogP contribution in [0.3, 0.4) is 0 Å². The molecule has 0 bridgehead atoms. The number of nitrogen functional groups attached to an aromatic ring is 1. The Morgan fingerprint density at radius 1 is 1.50 bits per heavy atom. The van der Waals surface area contributed by atoms with E-state index in [9.17, 15) is 10.1 Å². The van der Waals surface area contributed by atoms with Crippen LogP contribution in [0, 0.1) is 10.1 Å². The van der Waals surface area contributed by atoms with Crippen LogP contribution in [0.25, 0.3) is 0 Å². The summed E-state index contributed by atoms with van der Waals surface area (Å²) in [6.07, 6.45) is 1.76. The Morgan fingerprint density at radius 3 is 2.89 bits per heavy atom. The molecule has 0 radical (unpaired) electrons. The highest BCUT2D eigenvalue weighted by molar-refractivity contribution is 5.65. The van der Waals surface area contributed by atoms with Crippen LogP contribution in [-0.4, -0.2) is 19.7 Å². The topological polar surface area (TPSA) is 112 Å². The summed E-state index contributed by atoms with van der Waals surface area (Å²) in [7, 11) is 0. The molecule has 0 aliphatic heterocycles. The quantitative estimate of drug-likeness (QED) is 0.626. The van der Waals surface area contributed by atoms with Gasteiger partial charge in [0, 0.05) is 24.9 Å². The molecule has 0 fully saturated rings. The summed E-state index contributed by atoms with van der Waals surface area (Å²) in [4.78, 5) is 14.2. The first-order valence-electron chi connectivity index (χ1n) is 5.31. The fourth-order valence-corrected chi connectivity index (χ4v) is 1.43. The summed E-state index contributed by atoms with van der Waals surface area (Å²) in [5, 5.41) is 17.8. The third-order valence-corrected chi connectivity index (χ3v) is 2.30. The molecule has 18 heavy (non-hydrogen) atoms. The van der Waals surface area contributed by atoms with Crippen molar-refractivity contribution >= 4 is 23.1 Å². The van der Waals surface area contributed by atoms with E-state index in [1.54, 1.807) is 16.9 Å². The van der Waals surface area contributed by atoms with Crippen molar-refractivity contribution in [3.63, 3.8) is 0 Å². The molecule has 3 N–H and O–H groups in total. The zero-order chi connectivity index (χ0) is 13.1. The van der Waals surface area contributed by atoms with Gasteiger partial charge in [0.25, 0.3) is 0 Å². The molecule has 2 aromatic heterocycles. The molecule has 0 atom stereocenters. The van der Waals surface area contributed by atoms with E-state index in [1.165, 1.54) is 12.1 Å². The van der Waals surface area contributed by atoms with E-state index < -0.39 is 4.92 Å². The number of nitrogens with one attached hydrogen (secondary N) is 1. The van der Waals surface area contributed by atoms with Gasteiger partial charge in [-0.2, -0.15) is 5.10 Å². The van der Waals surface area contributed by atoms with Crippen molar-refractivity contribution in [3.05, 3.63) is 34.5 Å². The standard InChI is InChI=1S/C10H12N6O2/c1-2-15-6-5-9(14-15)13-10-7(16(17)18)3-4-8(11)12-10/h3-6H,2H2,1H3,(H3,11,12,13,14). The van der Waals surface area contributed by atoms with Crippen LogP contribution in [-0.2, 0) is 6.54 Å². The number of hydrogen-bond donors (Lipinski definition) is 2. The number of nitro groups is 1. The monoisotopic (exact) mass is 248 g/mol. The summed E-state index contributed by atoms with van der Waals surface area (Å²) in [5.41, 5.74) is 5.37. The highest BCUT2D eigenvalue weighted by Gasteiger charge is 2.16. The van der Waals surface area contributed by atoms with Gasteiger partial charge in [-0.3, -0.25) is 14.8 Å². The molecular weight excluding hydrogens is 236 g/mol. The summed E-state index contributed by atoms with van der Waals surface area (Å²) in [5.74, 6) is 0.775. The van der Waals surface area contributed by atoms with Gasteiger partial charge in [0.1, 0.15) is 5.82 Å². The molecule has 2 aromatic rings. The summed E-state index contributed by atoms with van der Waals surface area (Å²) in [6, 6.07) is 4.40. The Balaban J connectivity index is 2.32. The Kier molecular flexibility index (Phi) is 3.09. The first-order chi connectivity index (χ1) is 8.60. The van der Waals surface area contributed by atoms with E-state index in [-0.39, 0.29) is 17.3 Å². The molecule has 0 aliphatic carbocycles. The maximum Gasteiger partial charge on any atom is 0.311 e. The zero-order valence-corrected chi connectivity index (χ0v) is 9.70. The lowest BCUT2D eigenvalue weighted by Gasteiger charge is -2.03. The van der Waals surface area contributed by atoms with Crippen molar-refractivity contribution in [2.45, 2.75) is 13.5 Å². The van der Waals surface area contributed by atoms with Gasteiger partial charge in [-0.05, 0) is 13.0 Å². The maximum absolute atomic E-state index is 10.8. The van der Waals surface area contributed by atoms with Crippen LogP contribution in [0.2, 0.25) is 0 Å². The molecular formula is C10H12N6O2. The highest BCUT2D eigenvalue weighted by atomic mass is 16.6. The zero-order valence-electron chi connectivity index (χ0n) is 9.70. The first-order valence-corrected chi connectivity index (χ1v) is 5.31. The van der Waals surface area contributed by atoms with Gasteiger partial charge >= 0.3 is 5.69 Å². The lowest BCUT2D eigenvalue weighted by molar-refractivity contribution is -0.384. The molecule has 2 heterocycles. The number of aromatic nitrogens is 3. The lowest BCUT2D eigenvalue weighted by atomic mass is 10.3. The van der Waals surface area contributed by atoms with E-state index in [4.69, 9.17) is 5.73 Å². The van der Waals surface area contributed by atoms with Gasteiger partial charge in [-0.1, -0.05) is 0 Å². The van der Waals surface area contributed by atoms with E-state index in [0.717, 1.165) is 0 Å². The van der Waals surface area contributed by atoms with E-state index in [1.807, 2.05) is 6.92 Å². The SMILES string of the molecule is CCn1ccc(Nc2nc(N)ccc2[N+](=O)[O-])n1. The molecule has 2 rings (SSSR count). The minimum Gasteiger partial charge on any atom is -0.384 e. The summed E-state index contributed by atoms with van der Waals surface area (Å²) >= 11 is 0. The van der Waals surface area contributed by atoms with Gasteiger partial charge in [0.2, 0.25) is 5.82 Å². The molecule has 94 valence electrons. The molecule has 0 spiro atoms. The smallest absolute Gasteiger partial charge is 0.311 e. The van der Waals surface area contributed by atoms with Crippen LogP contribution >= 0.6 is 0 Å². The van der Waals surface area contributed by atoms with Gasteiger partial charge in [-0.15, -0.1) is 0 Å². The predicted molar refractivity (Wildman–Crippen MR) is 66.5 cm³/mol. The van der Waals surface area contributed by atoms with Crippen molar-refractivity contribution in [1.82, 2.24) is 14.8 Å². The van der Waals surface area contributed by atoms with Gasteiger partial charge in [0.05, 0.1) is 4.92 Å². The van der Waals surface area contributed by atoms with Crippen molar-refractivity contribution < 1.29 is 4.92 Å². The number of rotatable bonds is 4. The largest absolute Gasteiger partial charge is 0.384 e. The third kappa shape index (κ3) is 2.37. The Labute approximate surface area is 103 Å². The minimum absolute atomic E-state index is 0.0846. The minimum atomic E-state index is -0.522. The molecule has 0 saturated carbocycles. The van der Waals surface area contributed by atoms with Crippen LogP contribution < -0.4 is 11.1 Å². The first kappa shape index (κ1) is 11.8. The van der Waals surface area contributed by atoms with Crippen LogP contribution in [0.4, 0.5) is 23.1 Å². The van der Waals surface area contributed by atoms with Crippen LogP contribution in [0.15, 0.2) is 24.4 Å². The second-order valence-corrected chi connectivity index (χ2v) is 3.54. The van der Waals surface area contributed by atoms with E-state index in [2.05, 4.69) is 15.4 Å². The lowest BCUT2D eigenvalue weighted by Crippen LogP contribution is -2.03. The maximum atomic E-state index is 10.8. The van der Waals surface area contributed by atoms with Crippen molar-refractivity contribution in [1.29, 1.82) is 0 Å². The number of nitrogens with zero attached hydrogens (tertiary/aromatic N) is 4. The molecule has 0 saturated heterocycles. The fourth-order valence-electron chi connectivity index (χ4n) is 1.43. The second kappa shape index (κ2) is 4.70. The van der Waals surface area contributed by atoms with Gasteiger partial charge < -0.3 is 11.1 Å². The van der Waals surface area contributed by atoms with Crippen molar-refractivity contribution in [2.24, 2.45) is 0 Å². The van der Waals surface area contributed by atoms with Crippen molar-refractivity contribution in [3.8, 4) is 0 Å². The second-order valence-electron chi connectivity index (χ2n) is 3.54. The Morgan fingerprint density at radius 2 is 2.28 bits per heavy atom. The summed E-state index contributed by atoms with van der Waals surface area (Å²) < 4.78 is 1.69. The van der Waals surface area contributed by atoms with Crippen LogP contribution in [0.1, 0.15) is 6.92 Å². The molecule has 8 heteroatoms. The van der Waals surface area contributed by atoms with Crippen LogP contribution in [0.5, 0.6) is 0 Å².